The summed E-state index contributed by atoms with van der Waals surface area (Å²) < 4.78 is 0. The first-order chi connectivity index (χ1) is 11.3. The van der Waals surface area contributed by atoms with E-state index < -0.39 is 0 Å². The SMILES string of the molecule is Nc1cc(-c2cccc3ccccc23)ccc1-c1ccncn1. The highest BCUT2D eigenvalue weighted by molar-refractivity contribution is 5.97. The third kappa shape index (κ3) is 2.42. The fraction of sp³-hybridized carbons (Fsp3) is 0. The zero-order valence-corrected chi connectivity index (χ0v) is 12.5. The Hall–Kier alpha value is -3.20. The summed E-state index contributed by atoms with van der Waals surface area (Å²) in [6.45, 7) is 0. The minimum atomic E-state index is 0.717. The third-order valence-corrected chi connectivity index (χ3v) is 4.01. The highest BCUT2D eigenvalue weighted by Gasteiger charge is 2.08. The maximum atomic E-state index is 6.27. The summed E-state index contributed by atoms with van der Waals surface area (Å²) in [6, 6.07) is 22.7. The first-order valence-corrected chi connectivity index (χ1v) is 7.47. The van der Waals surface area contributed by atoms with Crippen LogP contribution in [-0.2, 0) is 0 Å². The van der Waals surface area contributed by atoms with Crippen LogP contribution >= 0.6 is 0 Å². The molecule has 0 atom stereocenters. The number of hydrogen-bond donors (Lipinski definition) is 1. The summed E-state index contributed by atoms with van der Waals surface area (Å²) in [7, 11) is 0. The van der Waals surface area contributed by atoms with E-state index in [1.165, 1.54) is 22.7 Å². The second-order valence-corrected chi connectivity index (χ2v) is 5.42. The van der Waals surface area contributed by atoms with Crippen molar-refractivity contribution in [3.05, 3.63) is 79.3 Å². The summed E-state index contributed by atoms with van der Waals surface area (Å²) in [5.74, 6) is 0. The van der Waals surface area contributed by atoms with Crippen LogP contribution in [0.2, 0.25) is 0 Å². The lowest BCUT2D eigenvalue weighted by Gasteiger charge is -2.10. The molecule has 4 rings (SSSR count). The Kier molecular flexibility index (Phi) is 3.24. The van der Waals surface area contributed by atoms with Crippen LogP contribution in [0, 0.1) is 0 Å². The Morgan fingerprint density at radius 2 is 1.65 bits per heavy atom. The van der Waals surface area contributed by atoms with E-state index in [0.717, 1.165) is 16.8 Å². The number of nitrogen functional groups attached to an aromatic ring is 1. The van der Waals surface area contributed by atoms with Gasteiger partial charge in [-0.3, -0.25) is 0 Å². The van der Waals surface area contributed by atoms with Crippen LogP contribution in [0.3, 0.4) is 0 Å². The van der Waals surface area contributed by atoms with E-state index in [2.05, 4.69) is 58.5 Å². The van der Waals surface area contributed by atoms with Crippen LogP contribution in [0.1, 0.15) is 0 Å². The molecule has 3 aromatic carbocycles. The normalized spacial score (nSPS) is 10.8. The molecule has 0 unspecified atom stereocenters. The number of hydrogen-bond acceptors (Lipinski definition) is 3. The molecule has 0 saturated carbocycles. The van der Waals surface area contributed by atoms with Crippen molar-refractivity contribution in [3.8, 4) is 22.4 Å². The Morgan fingerprint density at radius 3 is 2.48 bits per heavy atom. The van der Waals surface area contributed by atoms with Crippen molar-refractivity contribution in [1.29, 1.82) is 0 Å². The lowest BCUT2D eigenvalue weighted by Crippen LogP contribution is -1.93. The molecule has 3 nitrogen and oxygen atoms in total. The van der Waals surface area contributed by atoms with E-state index in [1.807, 2.05) is 18.2 Å². The van der Waals surface area contributed by atoms with Gasteiger partial charge >= 0.3 is 0 Å². The quantitative estimate of drug-likeness (QED) is 0.552. The van der Waals surface area contributed by atoms with Gasteiger partial charge in [-0.1, -0.05) is 54.6 Å². The summed E-state index contributed by atoms with van der Waals surface area (Å²) in [4.78, 5) is 8.22. The van der Waals surface area contributed by atoms with Crippen molar-refractivity contribution < 1.29 is 0 Å². The predicted molar refractivity (Wildman–Crippen MR) is 94.8 cm³/mol. The average molecular weight is 297 g/mol. The zero-order valence-electron chi connectivity index (χ0n) is 12.5. The van der Waals surface area contributed by atoms with Gasteiger partial charge < -0.3 is 5.73 Å². The van der Waals surface area contributed by atoms with Gasteiger partial charge in [0.2, 0.25) is 0 Å². The number of benzene rings is 3. The highest BCUT2D eigenvalue weighted by Crippen LogP contribution is 2.33. The van der Waals surface area contributed by atoms with Crippen molar-refractivity contribution in [3.63, 3.8) is 0 Å². The second kappa shape index (κ2) is 5.54. The number of fused-ring (bicyclic) bond motifs is 1. The predicted octanol–water partition coefficient (Wildman–Crippen LogP) is 4.55. The van der Waals surface area contributed by atoms with Gasteiger partial charge in [0.05, 0.1) is 5.69 Å². The summed E-state index contributed by atoms with van der Waals surface area (Å²) in [6.07, 6.45) is 3.26. The molecule has 0 aliphatic heterocycles. The van der Waals surface area contributed by atoms with Crippen LogP contribution in [-0.4, -0.2) is 9.97 Å². The Bertz CT molecular complexity index is 973. The van der Waals surface area contributed by atoms with Gasteiger partial charge in [0.1, 0.15) is 6.33 Å². The minimum Gasteiger partial charge on any atom is -0.398 e. The standard InChI is InChI=1S/C20H15N3/c21-19-12-15(8-9-18(19)20-10-11-22-13-23-20)17-7-3-5-14-4-1-2-6-16(14)17/h1-13H,21H2. The smallest absolute Gasteiger partial charge is 0.116 e. The van der Waals surface area contributed by atoms with Gasteiger partial charge in [-0.05, 0) is 34.0 Å². The molecular formula is C20H15N3. The van der Waals surface area contributed by atoms with Crippen molar-refractivity contribution in [1.82, 2.24) is 9.97 Å². The molecule has 1 aromatic heterocycles. The van der Waals surface area contributed by atoms with E-state index in [4.69, 9.17) is 5.73 Å². The number of anilines is 1. The molecule has 0 bridgehead atoms. The van der Waals surface area contributed by atoms with Crippen LogP contribution < -0.4 is 5.73 Å². The van der Waals surface area contributed by atoms with Crippen LogP contribution in [0.5, 0.6) is 0 Å². The Labute approximate surface area is 134 Å². The number of nitrogens with two attached hydrogens (primary N) is 1. The van der Waals surface area contributed by atoms with E-state index in [1.54, 1.807) is 6.20 Å². The topological polar surface area (TPSA) is 51.8 Å². The summed E-state index contributed by atoms with van der Waals surface area (Å²) >= 11 is 0. The van der Waals surface area contributed by atoms with E-state index >= 15 is 0 Å². The maximum Gasteiger partial charge on any atom is 0.116 e. The summed E-state index contributed by atoms with van der Waals surface area (Å²) in [5, 5.41) is 2.45. The Balaban J connectivity index is 1.86. The highest BCUT2D eigenvalue weighted by atomic mass is 14.8. The van der Waals surface area contributed by atoms with Gasteiger partial charge in [0.25, 0.3) is 0 Å². The monoisotopic (exact) mass is 297 g/mol. The largest absolute Gasteiger partial charge is 0.398 e. The molecule has 0 aliphatic carbocycles. The minimum absolute atomic E-state index is 0.717. The van der Waals surface area contributed by atoms with Crippen molar-refractivity contribution in [2.24, 2.45) is 0 Å². The molecule has 0 radical (unpaired) electrons. The van der Waals surface area contributed by atoms with Gasteiger partial charge in [-0.25, -0.2) is 9.97 Å². The zero-order chi connectivity index (χ0) is 15.6. The van der Waals surface area contributed by atoms with Crippen LogP contribution in [0.25, 0.3) is 33.2 Å². The van der Waals surface area contributed by atoms with E-state index in [0.29, 0.717) is 5.69 Å². The lowest BCUT2D eigenvalue weighted by molar-refractivity contribution is 1.17. The molecule has 23 heavy (non-hydrogen) atoms. The molecule has 1 heterocycles. The fourth-order valence-corrected chi connectivity index (χ4v) is 2.89. The molecule has 2 N–H and O–H groups in total. The molecular weight excluding hydrogens is 282 g/mol. The number of nitrogens with zero attached hydrogens (tertiary/aromatic N) is 2. The summed E-state index contributed by atoms with van der Waals surface area (Å²) in [5.41, 5.74) is 11.0. The Morgan fingerprint density at radius 1 is 0.783 bits per heavy atom. The van der Waals surface area contributed by atoms with Crippen molar-refractivity contribution in [2.75, 3.05) is 5.73 Å². The molecule has 4 aromatic rings. The van der Waals surface area contributed by atoms with Gasteiger partial charge in [-0.2, -0.15) is 0 Å². The van der Waals surface area contributed by atoms with Crippen molar-refractivity contribution >= 4 is 16.5 Å². The maximum absolute atomic E-state index is 6.27. The lowest BCUT2D eigenvalue weighted by atomic mass is 9.96. The number of rotatable bonds is 2. The fourth-order valence-electron chi connectivity index (χ4n) is 2.89. The molecule has 0 amide bonds. The van der Waals surface area contributed by atoms with Gasteiger partial charge in [0.15, 0.2) is 0 Å². The first-order valence-electron chi connectivity index (χ1n) is 7.47. The number of aromatic nitrogens is 2. The molecule has 0 saturated heterocycles. The van der Waals surface area contributed by atoms with E-state index in [-0.39, 0.29) is 0 Å². The van der Waals surface area contributed by atoms with Crippen LogP contribution in [0.15, 0.2) is 79.3 Å². The van der Waals surface area contributed by atoms with Crippen molar-refractivity contribution in [2.45, 2.75) is 0 Å². The molecule has 0 spiro atoms. The molecule has 0 fully saturated rings. The first kappa shape index (κ1) is 13.5. The average Bonchev–Trinajstić information content (AvgIpc) is 2.62. The second-order valence-electron chi connectivity index (χ2n) is 5.42. The third-order valence-electron chi connectivity index (χ3n) is 4.01. The van der Waals surface area contributed by atoms with Crippen LogP contribution in [0.4, 0.5) is 5.69 Å². The molecule has 3 heteroatoms. The van der Waals surface area contributed by atoms with E-state index in [9.17, 15) is 0 Å². The molecule has 110 valence electrons. The van der Waals surface area contributed by atoms with Gasteiger partial charge in [0, 0.05) is 17.4 Å². The van der Waals surface area contributed by atoms with Gasteiger partial charge in [-0.15, -0.1) is 0 Å². The molecule has 0 aliphatic rings.